The number of nitrogens with one attached hydrogen (secondary N) is 3. The summed E-state index contributed by atoms with van der Waals surface area (Å²) >= 11 is 6.84. The minimum absolute atomic E-state index is 0.0114. The van der Waals surface area contributed by atoms with Crippen molar-refractivity contribution in [2.24, 2.45) is 0 Å². The zero-order chi connectivity index (χ0) is 34.8. The Bertz CT molecular complexity index is 1870. The number of carboxylic acids is 1. The van der Waals surface area contributed by atoms with E-state index in [4.69, 9.17) is 22.1 Å². The van der Waals surface area contributed by atoms with Gasteiger partial charge in [-0.1, -0.05) is 30.0 Å². The van der Waals surface area contributed by atoms with Crippen molar-refractivity contribution >= 4 is 57.1 Å². The maximum absolute atomic E-state index is 14.6. The fourth-order valence-electron chi connectivity index (χ4n) is 5.26. The molecule has 0 saturated carbocycles. The van der Waals surface area contributed by atoms with Crippen LogP contribution < -0.4 is 25.6 Å². The molecule has 0 atom stereocenters. The average Bonchev–Trinajstić information content (AvgIpc) is 3.52. The van der Waals surface area contributed by atoms with Gasteiger partial charge in [-0.15, -0.1) is 21.5 Å². The highest BCUT2D eigenvalue weighted by Gasteiger charge is 2.28. The lowest BCUT2D eigenvalue weighted by atomic mass is 10.0. The molecule has 0 bridgehead atoms. The Hall–Kier alpha value is -4.68. The number of hydrogen-bond acceptors (Lipinski definition) is 10. The number of fused-ring (bicyclic) bond motifs is 1. The van der Waals surface area contributed by atoms with Crippen LogP contribution in [-0.2, 0) is 12.8 Å². The Labute approximate surface area is 294 Å². The Morgan fingerprint density at radius 3 is 2.78 bits per heavy atom. The summed E-state index contributed by atoms with van der Waals surface area (Å²) in [5.74, 6) is 5.50. The molecule has 3 heterocycles. The van der Waals surface area contributed by atoms with Crippen molar-refractivity contribution in [2.45, 2.75) is 46.0 Å². The molecule has 11 nitrogen and oxygen atoms in total. The van der Waals surface area contributed by atoms with Crippen LogP contribution in [0.3, 0.4) is 0 Å². The minimum Gasteiger partial charge on any atom is -0.491 e. The minimum atomic E-state index is -1.11. The van der Waals surface area contributed by atoms with Crippen LogP contribution in [0.4, 0.5) is 26.8 Å². The van der Waals surface area contributed by atoms with Crippen LogP contribution in [0.1, 0.15) is 56.9 Å². The summed E-state index contributed by atoms with van der Waals surface area (Å²) in [6, 6.07) is 12.4. The molecule has 14 heteroatoms. The van der Waals surface area contributed by atoms with Crippen molar-refractivity contribution in [3.05, 3.63) is 81.1 Å². The number of carboxylic acid groups (broad SMARTS) is 1. The van der Waals surface area contributed by atoms with Gasteiger partial charge in [0.2, 0.25) is 0 Å². The summed E-state index contributed by atoms with van der Waals surface area (Å²) in [4.78, 5) is 19.2. The third-order valence-corrected chi connectivity index (χ3v) is 9.17. The highest BCUT2D eigenvalue weighted by Crippen LogP contribution is 2.38. The van der Waals surface area contributed by atoms with Crippen molar-refractivity contribution in [2.75, 3.05) is 48.4 Å². The summed E-state index contributed by atoms with van der Waals surface area (Å²) in [7, 11) is 0. The van der Waals surface area contributed by atoms with E-state index in [9.17, 15) is 14.3 Å². The summed E-state index contributed by atoms with van der Waals surface area (Å²) in [5, 5.41) is 38.1. The first-order chi connectivity index (χ1) is 23.7. The van der Waals surface area contributed by atoms with Crippen LogP contribution in [0.25, 0.3) is 0 Å². The number of ether oxygens (including phenoxy) is 1. The molecule has 256 valence electrons. The van der Waals surface area contributed by atoms with Gasteiger partial charge in [0, 0.05) is 40.4 Å². The number of halogens is 1. The van der Waals surface area contributed by atoms with Gasteiger partial charge >= 0.3 is 5.97 Å². The van der Waals surface area contributed by atoms with Crippen molar-refractivity contribution < 1.29 is 24.1 Å². The zero-order valence-corrected chi connectivity index (χ0v) is 28.9. The van der Waals surface area contributed by atoms with Crippen molar-refractivity contribution in [1.29, 1.82) is 0 Å². The van der Waals surface area contributed by atoms with Gasteiger partial charge in [0.1, 0.15) is 0 Å². The molecule has 5 N–H and O–H groups in total. The number of aromatic nitrogens is 3. The van der Waals surface area contributed by atoms with E-state index in [1.165, 1.54) is 23.5 Å². The number of carbonyl (C=O) groups is 1. The number of hydrogen-bond donors (Lipinski definition) is 5. The van der Waals surface area contributed by atoms with Crippen LogP contribution in [0, 0.1) is 31.5 Å². The zero-order valence-electron chi connectivity index (χ0n) is 27.3. The first-order valence-electron chi connectivity index (χ1n) is 16.0. The second-order valence-electron chi connectivity index (χ2n) is 11.4. The fraction of sp³-hybridized carbons (Fsp3) is 0.343. The van der Waals surface area contributed by atoms with Gasteiger partial charge < -0.3 is 35.8 Å². The third kappa shape index (κ3) is 9.27. The van der Waals surface area contributed by atoms with Gasteiger partial charge in [0.25, 0.3) is 0 Å². The van der Waals surface area contributed by atoms with E-state index < -0.39 is 11.8 Å². The average molecular weight is 704 g/mol. The second-order valence-corrected chi connectivity index (χ2v) is 12.8. The van der Waals surface area contributed by atoms with E-state index in [1.54, 1.807) is 6.07 Å². The fourth-order valence-corrected chi connectivity index (χ4v) is 6.59. The molecule has 0 amide bonds. The van der Waals surface area contributed by atoms with E-state index in [-0.39, 0.29) is 24.7 Å². The Morgan fingerprint density at radius 2 is 2.00 bits per heavy atom. The van der Waals surface area contributed by atoms with Crippen molar-refractivity contribution in [3.63, 3.8) is 0 Å². The predicted octanol–water partition coefficient (Wildman–Crippen LogP) is 5.62. The molecule has 2 aromatic heterocycles. The molecule has 4 aromatic rings. The second kappa shape index (κ2) is 17.1. The quantitative estimate of drug-likeness (QED) is 0.0670. The van der Waals surface area contributed by atoms with E-state index in [0.29, 0.717) is 71.2 Å². The van der Waals surface area contributed by atoms with Crippen molar-refractivity contribution in [3.8, 4) is 17.6 Å². The Kier molecular flexibility index (Phi) is 12.4. The lowest BCUT2D eigenvalue weighted by molar-refractivity contribution is 0.0690. The number of aliphatic hydroxyl groups is 1. The maximum atomic E-state index is 14.6. The molecule has 0 fully saturated rings. The van der Waals surface area contributed by atoms with E-state index in [1.807, 2.05) is 43.0 Å². The number of aliphatic hydroxyl groups excluding tert-OH is 1. The normalized spacial score (nSPS) is 12.1. The number of anilines is 4. The molecule has 0 unspecified atom stereocenters. The maximum Gasteiger partial charge on any atom is 0.355 e. The van der Waals surface area contributed by atoms with Crippen LogP contribution in [0.5, 0.6) is 5.75 Å². The monoisotopic (exact) mass is 703 g/mol. The lowest BCUT2D eigenvalue weighted by Crippen LogP contribution is -2.28. The Balaban J connectivity index is 1.21. The first kappa shape index (κ1) is 35.6. The van der Waals surface area contributed by atoms with Crippen LogP contribution >= 0.6 is 23.6 Å². The molecule has 49 heavy (non-hydrogen) atoms. The van der Waals surface area contributed by atoms with Crippen LogP contribution in [-0.4, -0.2) is 69.3 Å². The summed E-state index contributed by atoms with van der Waals surface area (Å²) in [6.07, 6.45) is 3.12. The van der Waals surface area contributed by atoms with Crippen LogP contribution in [0.15, 0.2) is 42.5 Å². The smallest absolute Gasteiger partial charge is 0.355 e. The van der Waals surface area contributed by atoms with E-state index in [0.717, 1.165) is 35.2 Å². The van der Waals surface area contributed by atoms with Gasteiger partial charge in [0.15, 0.2) is 39.1 Å². The third-order valence-electron chi connectivity index (χ3n) is 7.83. The SMILES string of the molecule is Cc1ccccc1NC(=S)Nc1nnc2c(c1C)CCCN2c1nc(C(=O)O)c(CCCOc2ccc(C#CCNCCCO)cc2F)s1. The van der Waals surface area contributed by atoms with Crippen molar-refractivity contribution in [1.82, 2.24) is 20.5 Å². The molecule has 5 rings (SSSR count). The van der Waals surface area contributed by atoms with Gasteiger partial charge in [0.05, 0.1) is 13.2 Å². The van der Waals surface area contributed by atoms with Gasteiger partial charge in [-0.2, -0.15) is 0 Å². The Morgan fingerprint density at radius 1 is 1.16 bits per heavy atom. The van der Waals surface area contributed by atoms with Gasteiger partial charge in [-0.25, -0.2) is 14.2 Å². The largest absolute Gasteiger partial charge is 0.491 e. The topological polar surface area (TPSA) is 145 Å². The molecule has 0 aliphatic carbocycles. The highest BCUT2D eigenvalue weighted by atomic mass is 32.1. The molecular formula is C35H38FN7O4S2. The van der Waals surface area contributed by atoms with E-state index in [2.05, 4.69) is 43.0 Å². The molecule has 0 saturated heterocycles. The number of thiocarbonyl (C=S) groups is 1. The predicted molar refractivity (Wildman–Crippen MR) is 194 cm³/mol. The van der Waals surface area contributed by atoms with Gasteiger partial charge in [-0.3, -0.25) is 0 Å². The van der Waals surface area contributed by atoms with Crippen LogP contribution in [0.2, 0.25) is 0 Å². The highest BCUT2D eigenvalue weighted by molar-refractivity contribution is 7.80. The molecule has 1 aliphatic heterocycles. The molecule has 0 radical (unpaired) electrons. The number of para-hydroxylation sites is 1. The number of benzene rings is 2. The number of thiazole rings is 1. The van der Waals surface area contributed by atoms with E-state index >= 15 is 0 Å². The number of aryl methyl sites for hydroxylation is 2. The molecular weight excluding hydrogens is 666 g/mol. The standard InChI is InChI=1S/C35H38FN7O4S2/c1-22-9-3-4-12-27(22)38-34(48)40-31-23(2)25-11-6-18-43(32(25)42-41-31)35-39-30(33(45)46)29(49-35)13-7-20-47-28-15-14-24(21-26(28)36)10-5-16-37-17-8-19-44/h3-4,9,12,14-15,21,37,44H,6-8,11,13,16-20H2,1-2H3,(H,45,46)(H2,38,40,41,48). The number of nitrogens with zero attached hydrogens (tertiary/aromatic N) is 4. The van der Waals surface area contributed by atoms with Gasteiger partial charge in [-0.05, 0) is 94.5 Å². The lowest BCUT2D eigenvalue weighted by Gasteiger charge is -2.29. The molecule has 0 spiro atoms. The number of aromatic carboxylic acids is 1. The summed E-state index contributed by atoms with van der Waals surface area (Å²) < 4.78 is 20.3. The summed E-state index contributed by atoms with van der Waals surface area (Å²) in [5.41, 5.74) is 4.39. The summed E-state index contributed by atoms with van der Waals surface area (Å²) in [6.45, 7) is 6.00. The molecule has 1 aliphatic rings. The first-order valence-corrected chi connectivity index (χ1v) is 17.2. The molecule has 2 aromatic carbocycles. The number of rotatable bonds is 13.